The molecule has 0 spiro atoms. The fourth-order valence-corrected chi connectivity index (χ4v) is 1.92. The summed E-state index contributed by atoms with van der Waals surface area (Å²) >= 11 is 5.83. The van der Waals surface area contributed by atoms with Gasteiger partial charge in [0.1, 0.15) is 11.0 Å². The van der Waals surface area contributed by atoms with Gasteiger partial charge >= 0.3 is 0 Å². The Labute approximate surface area is 114 Å². The lowest BCUT2D eigenvalue weighted by Crippen LogP contribution is -2.25. The molecular formula is C13H19ClN4. The highest BCUT2D eigenvalue weighted by Gasteiger charge is 2.01. The van der Waals surface area contributed by atoms with E-state index in [-0.39, 0.29) is 0 Å². The molecule has 1 aromatic heterocycles. The molecule has 0 saturated carbocycles. The van der Waals surface area contributed by atoms with E-state index in [2.05, 4.69) is 35.1 Å². The summed E-state index contributed by atoms with van der Waals surface area (Å²) in [6, 6.07) is 5.33. The largest absolute Gasteiger partial charge is 0.370 e. The first-order valence-corrected chi connectivity index (χ1v) is 6.61. The van der Waals surface area contributed by atoms with E-state index in [1.54, 1.807) is 12.1 Å². The van der Waals surface area contributed by atoms with Crippen molar-refractivity contribution < 1.29 is 0 Å². The van der Waals surface area contributed by atoms with E-state index in [1.807, 2.05) is 0 Å². The van der Waals surface area contributed by atoms with E-state index >= 15 is 0 Å². The fourth-order valence-electron chi connectivity index (χ4n) is 1.71. The number of hydrogen-bond donors (Lipinski definition) is 1. The highest BCUT2D eigenvalue weighted by Crippen LogP contribution is 2.13. The first-order valence-electron chi connectivity index (χ1n) is 6.23. The van der Waals surface area contributed by atoms with E-state index < -0.39 is 0 Å². The minimum atomic E-state index is 0.347. The number of halogens is 1. The molecule has 0 saturated heterocycles. The van der Waals surface area contributed by atoms with E-state index in [9.17, 15) is 0 Å². The summed E-state index contributed by atoms with van der Waals surface area (Å²) in [5.41, 5.74) is 0.529. The van der Waals surface area contributed by atoms with Gasteiger partial charge < -0.3 is 10.2 Å². The quantitative estimate of drug-likeness (QED) is 0.609. The molecule has 0 aromatic carbocycles. The molecule has 18 heavy (non-hydrogen) atoms. The zero-order valence-corrected chi connectivity index (χ0v) is 11.7. The van der Waals surface area contributed by atoms with Crippen molar-refractivity contribution in [3.8, 4) is 6.07 Å². The summed E-state index contributed by atoms with van der Waals surface area (Å²) in [5.74, 6) is 0.665. The number of nitrogens with zero attached hydrogens (tertiary/aromatic N) is 3. The topological polar surface area (TPSA) is 52.0 Å². The second-order valence-electron chi connectivity index (χ2n) is 3.98. The molecule has 0 atom stereocenters. The number of nitrogens with one attached hydrogen (secondary N) is 1. The molecule has 0 radical (unpaired) electrons. The molecule has 0 aliphatic carbocycles. The summed E-state index contributed by atoms with van der Waals surface area (Å²) < 4.78 is 0. The number of pyridine rings is 1. The highest BCUT2D eigenvalue weighted by atomic mass is 35.5. The van der Waals surface area contributed by atoms with Gasteiger partial charge in [-0.05, 0) is 38.2 Å². The van der Waals surface area contributed by atoms with E-state index in [4.69, 9.17) is 16.9 Å². The van der Waals surface area contributed by atoms with Crippen LogP contribution in [0.4, 0.5) is 5.82 Å². The Morgan fingerprint density at radius 3 is 2.72 bits per heavy atom. The van der Waals surface area contributed by atoms with E-state index in [0.29, 0.717) is 16.5 Å². The first kappa shape index (κ1) is 14.7. The van der Waals surface area contributed by atoms with Gasteiger partial charge in [-0.1, -0.05) is 25.4 Å². The third-order valence-corrected chi connectivity index (χ3v) is 2.97. The molecule has 1 N–H and O–H groups in total. The van der Waals surface area contributed by atoms with Crippen LogP contribution in [0, 0.1) is 11.3 Å². The lowest BCUT2D eigenvalue weighted by atomic mass is 10.3. The average molecular weight is 267 g/mol. The Bertz CT molecular complexity index is 410. The van der Waals surface area contributed by atoms with Gasteiger partial charge in [0.25, 0.3) is 0 Å². The van der Waals surface area contributed by atoms with E-state index in [1.165, 1.54) is 0 Å². The van der Waals surface area contributed by atoms with Gasteiger partial charge in [-0.2, -0.15) is 5.26 Å². The third-order valence-electron chi connectivity index (χ3n) is 2.77. The number of hydrogen-bond acceptors (Lipinski definition) is 4. The van der Waals surface area contributed by atoms with Crippen molar-refractivity contribution in [2.75, 3.05) is 31.5 Å². The maximum atomic E-state index is 8.82. The molecule has 1 heterocycles. The average Bonchev–Trinajstić information content (AvgIpc) is 2.38. The van der Waals surface area contributed by atoms with Crippen LogP contribution in [0.3, 0.4) is 0 Å². The smallest absolute Gasteiger partial charge is 0.132 e. The highest BCUT2D eigenvalue weighted by molar-refractivity contribution is 6.29. The van der Waals surface area contributed by atoms with Gasteiger partial charge in [0.2, 0.25) is 0 Å². The second-order valence-corrected chi connectivity index (χ2v) is 4.37. The van der Waals surface area contributed by atoms with Crippen molar-refractivity contribution in [3.63, 3.8) is 0 Å². The van der Waals surface area contributed by atoms with Crippen molar-refractivity contribution >= 4 is 17.4 Å². The monoisotopic (exact) mass is 266 g/mol. The maximum Gasteiger partial charge on any atom is 0.132 e. The molecule has 5 heteroatoms. The van der Waals surface area contributed by atoms with Gasteiger partial charge in [-0.15, -0.1) is 0 Å². The maximum absolute atomic E-state index is 8.82. The molecular weight excluding hydrogens is 248 g/mol. The van der Waals surface area contributed by atoms with Crippen LogP contribution in [0.2, 0.25) is 5.15 Å². The molecule has 1 rings (SSSR count). The van der Waals surface area contributed by atoms with Crippen LogP contribution in [-0.4, -0.2) is 36.1 Å². The number of rotatable bonds is 7. The van der Waals surface area contributed by atoms with Crippen molar-refractivity contribution in [2.45, 2.75) is 20.3 Å². The van der Waals surface area contributed by atoms with E-state index in [0.717, 1.165) is 32.6 Å². The summed E-state index contributed by atoms with van der Waals surface area (Å²) in [6.45, 7) is 8.36. The van der Waals surface area contributed by atoms with Crippen molar-refractivity contribution in [1.82, 2.24) is 9.88 Å². The van der Waals surface area contributed by atoms with Crippen LogP contribution in [-0.2, 0) is 0 Å². The summed E-state index contributed by atoms with van der Waals surface area (Å²) in [6.07, 6.45) is 1.04. The molecule has 0 bridgehead atoms. The van der Waals surface area contributed by atoms with Crippen LogP contribution in [0.1, 0.15) is 25.8 Å². The molecule has 0 fully saturated rings. The number of aromatic nitrogens is 1. The molecule has 4 nitrogen and oxygen atoms in total. The van der Waals surface area contributed by atoms with Crippen molar-refractivity contribution in [3.05, 3.63) is 22.8 Å². The number of anilines is 1. The second kappa shape index (κ2) is 7.91. The van der Waals surface area contributed by atoms with Crippen LogP contribution in [0.15, 0.2) is 12.1 Å². The van der Waals surface area contributed by atoms with Crippen LogP contribution in [0.25, 0.3) is 0 Å². The predicted octanol–water partition coefficient (Wildman–Crippen LogP) is 2.75. The van der Waals surface area contributed by atoms with Crippen LogP contribution < -0.4 is 5.32 Å². The summed E-state index contributed by atoms with van der Waals surface area (Å²) in [5, 5.41) is 12.4. The fraction of sp³-hybridized carbons (Fsp3) is 0.538. The minimum Gasteiger partial charge on any atom is -0.370 e. The molecule has 1 aromatic rings. The zero-order valence-electron chi connectivity index (χ0n) is 10.9. The molecule has 0 unspecified atom stereocenters. The molecule has 0 aliphatic rings. The van der Waals surface area contributed by atoms with Gasteiger partial charge in [0.15, 0.2) is 0 Å². The van der Waals surface area contributed by atoms with Crippen LogP contribution >= 0.6 is 11.6 Å². The SMILES string of the molecule is CCN(CC)CCCNc1cc(C#N)cc(Cl)n1. The standard InChI is InChI=1S/C13H19ClN4/c1-3-18(4-2)7-5-6-16-13-9-11(10-15)8-12(14)17-13/h8-9H,3-7H2,1-2H3,(H,16,17). The first-order chi connectivity index (χ1) is 8.69. The predicted molar refractivity (Wildman–Crippen MR) is 74.9 cm³/mol. The van der Waals surface area contributed by atoms with Crippen molar-refractivity contribution in [1.29, 1.82) is 5.26 Å². The molecule has 0 aliphatic heterocycles. The Balaban J connectivity index is 2.40. The molecule has 98 valence electrons. The van der Waals surface area contributed by atoms with Gasteiger partial charge in [0.05, 0.1) is 11.6 Å². The van der Waals surface area contributed by atoms with Crippen molar-refractivity contribution in [2.24, 2.45) is 0 Å². The lowest BCUT2D eigenvalue weighted by Gasteiger charge is -2.17. The number of nitriles is 1. The van der Waals surface area contributed by atoms with Crippen LogP contribution in [0.5, 0.6) is 0 Å². The minimum absolute atomic E-state index is 0.347. The summed E-state index contributed by atoms with van der Waals surface area (Å²) in [7, 11) is 0. The third kappa shape index (κ3) is 4.91. The Hall–Kier alpha value is -1.31. The van der Waals surface area contributed by atoms with Gasteiger partial charge in [0, 0.05) is 6.54 Å². The molecule has 0 amide bonds. The van der Waals surface area contributed by atoms with Gasteiger partial charge in [-0.3, -0.25) is 0 Å². The normalized spacial score (nSPS) is 10.4. The summed E-state index contributed by atoms with van der Waals surface area (Å²) in [4.78, 5) is 6.50. The Morgan fingerprint density at radius 1 is 1.39 bits per heavy atom. The Kier molecular flexibility index (Phi) is 6.48. The Morgan fingerprint density at radius 2 is 2.11 bits per heavy atom. The van der Waals surface area contributed by atoms with Gasteiger partial charge in [-0.25, -0.2) is 4.98 Å². The lowest BCUT2D eigenvalue weighted by molar-refractivity contribution is 0.303. The zero-order chi connectivity index (χ0) is 13.4.